The molecule has 1 aromatic carbocycles. The number of benzene rings is 1. The van der Waals surface area contributed by atoms with E-state index in [0.29, 0.717) is 55.9 Å². The number of fused-ring (bicyclic) bond motifs is 1. The number of ether oxygens (including phenoxy) is 9. The van der Waals surface area contributed by atoms with Gasteiger partial charge < -0.3 is 93.7 Å². The van der Waals surface area contributed by atoms with Gasteiger partial charge in [-0.15, -0.1) is 0 Å². The second-order valence-corrected chi connectivity index (χ2v) is 19.0. The fourth-order valence-electron chi connectivity index (χ4n) is 10.0. The molecule has 1 aliphatic carbocycles. The second kappa shape index (κ2) is 24.0. The molecule has 20 atom stereocenters. The molecule has 5 fully saturated rings. The number of para-hydroxylation sites is 1. The molecule has 9 N–H and O–H groups in total. The van der Waals surface area contributed by atoms with Crippen LogP contribution in [-0.4, -0.2) is 207 Å². The number of nitrogens with zero attached hydrogens (tertiary/aromatic N) is 1. The van der Waals surface area contributed by atoms with E-state index in [0.717, 1.165) is 12.0 Å². The lowest BCUT2D eigenvalue weighted by atomic mass is 9.76. The summed E-state index contributed by atoms with van der Waals surface area (Å²) in [7, 11) is 0. The van der Waals surface area contributed by atoms with Crippen molar-refractivity contribution in [1.82, 2.24) is 10.2 Å². The number of hydrogen-bond donors (Lipinski definition) is 9. The van der Waals surface area contributed by atoms with Gasteiger partial charge in [0.05, 0.1) is 44.7 Å². The summed E-state index contributed by atoms with van der Waals surface area (Å²) in [5.41, 5.74) is 1.36. The lowest BCUT2D eigenvalue weighted by Gasteiger charge is -2.49. The van der Waals surface area contributed by atoms with Gasteiger partial charge in [-0.2, -0.15) is 0 Å². The third kappa shape index (κ3) is 12.2. The van der Waals surface area contributed by atoms with E-state index in [9.17, 15) is 50.4 Å². The van der Waals surface area contributed by atoms with Crippen LogP contribution in [0.3, 0.4) is 0 Å². The highest BCUT2D eigenvalue weighted by Gasteiger charge is 2.53. The third-order valence-corrected chi connectivity index (χ3v) is 14.1. The number of rotatable bonds is 19. The molecule has 0 spiro atoms. The van der Waals surface area contributed by atoms with Crippen LogP contribution in [-0.2, 0) is 47.5 Å². The van der Waals surface area contributed by atoms with Gasteiger partial charge in [-0.05, 0) is 56.6 Å². The Balaban J connectivity index is 1.13. The van der Waals surface area contributed by atoms with E-state index in [4.69, 9.17) is 42.6 Å². The Labute approximate surface area is 401 Å². The van der Waals surface area contributed by atoms with Crippen molar-refractivity contribution in [3.63, 3.8) is 0 Å². The van der Waals surface area contributed by atoms with Crippen LogP contribution in [0.5, 0.6) is 5.75 Å². The summed E-state index contributed by atoms with van der Waals surface area (Å²) < 4.78 is 55.9. The van der Waals surface area contributed by atoms with Crippen LogP contribution in [0.25, 0.3) is 6.08 Å². The van der Waals surface area contributed by atoms with Crippen LogP contribution in [0.2, 0.25) is 0 Å². The van der Waals surface area contributed by atoms with E-state index in [1.165, 1.54) is 13.8 Å². The maximum absolute atomic E-state index is 13.6. The lowest BCUT2D eigenvalue weighted by molar-refractivity contribution is -0.341. The van der Waals surface area contributed by atoms with E-state index in [-0.39, 0.29) is 37.4 Å². The van der Waals surface area contributed by atoms with Crippen LogP contribution in [0, 0.1) is 11.8 Å². The zero-order valence-electron chi connectivity index (χ0n) is 39.6. The number of likely N-dealkylation sites (tertiary alicyclic amines) is 1. The van der Waals surface area contributed by atoms with Gasteiger partial charge in [-0.1, -0.05) is 51.5 Å². The van der Waals surface area contributed by atoms with Crippen molar-refractivity contribution < 1.29 is 93.1 Å². The Morgan fingerprint density at radius 3 is 2.17 bits per heavy atom. The molecule has 5 aliphatic heterocycles. The minimum absolute atomic E-state index is 0.0650. The van der Waals surface area contributed by atoms with E-state index >= 15 is 0 Å². The van der Waals surface area contributed by atoms with Gasteiger partial charge >= 0.3 is 0 Å². The summed E-state index contributed by atoms with van der Waals surface area (Å²) in [5.74, 6) is -0.612. The summed E-state index contributed by atoms with van der Waals surface area (Å²) in [6.45, 7) is 10.2. The molecular formula is C48H72N2O19. The molecule has 7 rings (SSSR count). The Morgan fingerprint density at radius 2 is 1.52 bits per heavy atom. The quantitative estimate of drug-likeness (QED) is 0.0822. The second-order valence-electron chi connectivity index (χ2n) is 19.0. The summed E-state index contributed by atoms with van der Waals surface area (Å²) in [6.07, 6.45) is -17.7. The van der Waals surface area contributed by atoms with E-state index in [1.54, 1.807) is 11.0 Å². The average Bonchev–Trinajstić information content (AvgIpc) is 3.31. The number of amides is 2. The zero-order chi connectivity index (χ0) is 49.7. The highest BCUT2D eigenvalue weighted by atomic mass is 16.7. The third-order valence-electron chi connectivity index (χ3n) is 14.1. The SMILES string of the molecule is C=C1Oc2ccccc2C=C1COC1C(O)[C@@H](OCC2CC(CC)[C@@H](O[C@@H]3OC(C)[C@@H](O)[C@H](O)C3O)[C@H](O[C@@H]3O[C@@H](CO)[C@H](O)C(O[C@@H](CCC)C(=O)N4CCC4)C3NC(C)=O)C2)OC(CO)[C@H]1O. The summed E-state index contributed by atoms with van der Waals surface area (Å²) >= 11 is 0. The first kappa shape index (κ1) is 53.6. The summed E-state index contributed by atoms with van der Waals surface area (Å²) in [6, 6.07) is 6.12. The molecule has 0 aromatic heterocycles. The van der Waals surface area contributed by atoms with Crippen LogP contribution < -0.4 is 10.1 Å². The minimum Gasteiger partial charge on any atom is -0.457 e. The number of hydrogen-bond acceptors (Lipinski definition) is 19. The number of aliphatic hydroxyl groups excluding tert-OH is 8. The predicted molar refractivity (Wildman–Crippen MR) is 240 cm³/mol. The van der Waals surface area contributed by atoms with E-state index in [1.807, 2.05) is 38.1 Å². The summed E-state index contributed by atoms with van der Waals surface area (Å²) in [5, 5.41) is 90.2. The van der Waals surface area contributed by atoms with Crippen LogP contribution in [0.1, 0.15) is 71.8 Å². The standard InChI is InChI=1S/C48H72N2O19/c1-6-11-31(45(60)50-14-10-15-50)65-43-35(49-25(5)53)46(67-33(19-51)37(43)55)66-32-17-26(16-27(7-2)42(32)69-48-40(58)39(57)36(54)24(4)64-48)21-62-47-41(59)44(38(56)34(20-52)68-47)61-22-29-18-28-12-8-9-13-30(28)63-23(29)3/h8-9,12-13,18,24,26-27,31-44,46-48,51-52,54-59H,3,6-7,10-11,14-17,19-22H2,1-2,4-5H3,(H,49,53)/t24?,26?,27?,31-,32+,33-,34?,35?,36+,37-,38+,39-,40?,41?,42+,43?,44?,46+,47-,48-/m0/s1. The highest BCUT2D eigenvalue weighted by Crippen LogP contribution is 2.41. The Hall–Kier alpha value is -3.20. The van der Waals surface area contributed by atoms with Crippen LogP contribution in [0.4, 0.5) is 0 Å². The monoisotopic (exact) mass is 980 g/mol. The fourth-order valence-corrected chi connectivity index (χ4v) is 10.0. The molecule has 1 aromatic rings. The molecule has 1 saturated carbocycles. The smallest absolute Gasteiger partial charge is 0.251 e. The average molecular weight is 981 g/mol. The maximum atomic E-state index is 13.6. The Kier molecular flexibility index (Phi) is 18.7. The van der Waals surface area contributed by atoms with Crippen LogP contribution >= 0.6 is 0 Å². The van der Waals surface area contributed by atoms with Crippen molar-refractivity contribution in [3.05, 3.63) is 47.7 Å². The molecule has 0 radical (unpaired) electrons. The van der Waals surface area contributed by atoms with Gasteiger partial charge in [0.15, 0.2) is 18.9 Å². The van der Waals surface area contributed by atoms with Gasteiger partial charge in [0.1, 0.15) is 84.7 Å². The summed E-state index contributed by atoms with van der Waals surface area (Å²) in [4.78, 5) is 28.1. The van der Waals surface area contributed by atoms with Crippen molar-refractivity contribution in [2.75, 3.05) is 39.5 Å². The van der Waals surface area contributed by atoms with Gasteiger partial charge in [0.2, 0.25) is 5.91 Å². The molecule has 21 nitrogen and oxygen atoms in total. The van der Waals surface area contributed by atoms with Crippen molar-refractivity contribution in [1.29, 1.82) is 0 Å². The molecule has 6 aliphatic rings. The van der Waals surface area contributed by atoms with Gasteiger partial charge in [0, 0.05) is 31.1 Å². The predicted octanol–water partition coefficient (Wildman–Crippen LogP) is -0.780. The highest BCUT2D eigenvalue weighted by molar-refractivity contribution is 5.81. The molecule has 2 amide bonds. The van der Waals surface area contributed by atoms with Crippen molar-refractivity contribution in [3.8, 4) is 5.75 Å². The molecular weight excluding hydrogens is 909 g/mol. The molecule has 5 heterocycles. The molecule has 21 heteroatoms. The van der Waals surface area contributed by atoms with Crippen molar-refractivity contribution in [2.24, 2.45) is 11.8 Å². The first-order chi connectivity index (χ1) is 33.1. The topological polar surface area (TPSA) is 294 Å². The Bertz CT molecular complexity index is 1910. The fraction of sp³-hybridized carbons (Fsp3) is 0.750. The lowest BCUT2D eigenvalue weighted by Crippen LogP contribution is -2.67. The van der Waals surface area contributed by atoms with Gasteiger partial charge in [-0.3, -0.25) is 9.59 Å². The van der Waals surface area contributed by atoms with E-state index in [2.05, 4.69) is 11.9 Å². The number of carbonyl (C=O) groups excluding carboxylic acids is 2. The number of carbonyl (C=O) groups is 2. The van der Waals surface area contributed by atoms with Gasteiger partial charge in [-0.25, -0.2) is 0 Å². The van der Waals surface area contributed by atoms with E-state index < -0.39 is 129 Å². The van der Waals surface area contributed by atoms with Crippen LogP contribution in [0.15, 0.2) is 42.2 Å². The minimum atomic E-state index is -1.66. The van der Waals surface area contributed by atoms with Crippen molar-refractivity contribution >= 4 is 17.9 Å². The molecule has 9 unspecified atom stereocenters. The number of aliphatic hydroxyl groups is 8. The van der Waals surface area contributed by atoms with Crippen molar-refractivity contribution in [2.45, 2.75) is 177 Å². The largest absolute Gasteiger partial charge is 0.457 e. The molecule has 4 saturated heterocycles. The normalized spacial score (nSPS) is 39.7. The molecule has 388 valence electrons. The first-order valence-electron chi connectivity index (χ1n) is 24.3. The zero-order valence-corrected chi connectivity index (χ0v) is 39.6. The van der Waals surface area contributed by atoms with Gasteiger partial charge in [0.25, 0.3) is 5.91 Å². The molecule has 69 heavy (non-hydrogen) atoms. The first-order valence-corrected chi connectivity index (χ1v) is 24.3. The number of nitrogens with one attached hydrogen (secondary N) is 1. The molecule has 0 bridgehead atoms. The maximum Gasteiger partial charge on any atom is 0.251 e. The Morgan fingerprint density at radius 1 is 0.826 bits per heavy atom.